The van der Waals surface area contributed by atoms with Gasteiger partial charge in [0.2, 0.25) is 0 Å². The van der Waals surface area contributed by atoms with Gasteiger partial charge < -0.3 is 4.90 Å². The van der Waals surface area contributed by atoms with Crippen molar-refractivity contribution in [3.63, 3.8) is 0 Å². The number of halogens is 2. The summed E-state index contributed by atoms with van der Waals surface area (Å²) in [4.78, 5) is 30.2. The first-order chi connectivity index (χ1) is 13.8. The maximum Gasteiger partial charge on any atom is 0.282 e. The van der Waals surface area contributed by atoms with E-state index in [1.165, 1.54) is 17.0 Å². The number of nitrogens with zero attached hydrogens (tertiary/aromatic N) is 2. The fraction of sp³-hybridized carbons (Fsp3) is 0.304. The zero-order valence-electron chi connectivity index (χ0n) is 16.4. The monoisotopic (exact) mass is 456 g/mol. The van der Waals surface area contributed by atoms with E-state index in [9.17, 15) is 14.0 Å². The zero-order valence-corrected chi connectivity index (χ0v) is 17.9. The molecule has 2 aliphatic heterocycles. The lowest BCUT2D eigenvalue weighted by Gasteiger charge is -2.37. The fourth-order valence-corrected chi connectivity index (χ4v) is 4.62. The number of anilines is 1. The summed E-state index contributed by atoms with van der Waals surface area (Å²) in [5.41, 5.74) is 1.85. The molecular weight excluding hydrogens is 435 g/mol. The zero-order chi connectivity index (χ0) is 20.7. The number of amides is 2. The van der Waals surface area contributed by atoms with E-state index < -0.39 is 0 Å². The largest absolute Gasteiger partial charge is 0.366 e. The van der Waals surface area contributed by atoms with Gasteiger partial charge in [-0.15, -0.1) is 0 Å². The normalized spacial score (nSPS) is 22.6. The Morgan fingerprint density at radius 3 is 2.07 bits per heavy atom. The van der Waals surface area contributed by atoms with Gasteiger partial charge in [0.25, 0.3) is 11.8 Å². The van der Waals surface area contributed by atoms with Crippen LogP contribution in [0.25, 0.3) is 5.57 Å². The topological polar surface area (TPSA) is 40.6 Å². The van der Waals surface area contributed by atoms with E-state index in [1.807, 2.05) is 4.90 Å². The van der Waals surface area contributed by atoms with Crippen molar-refractivity contribution < 1.29 is 14.0 Å². The smallest absolute Gasteiger partial charge is 0.282 e. The van der Waals surface area contributed by atoms with Crippen LogP contribution in [0, 0.1) is 17.7 Å². The highest BCUT2D eigenvalue weighted by atomic mass is 79.9. The Morgan fingerprint density at radius 1 is 0.897 bits per heavy atom. The molecule has 2 aliphatic rings. The van der Waals surface area contributed by atoms with Gasteiger partial charge in [-0.3, -0.25) is 9.59 Å². The summed E-state index contributed by atoms with van der Waals surface area (Å²) in [6.45, 7) is 5.76. The second kappa shape index (κ2) is 7.75. The van der Waals surface area contributed by atoms with Gasteiger partial charge in [-0.2, -0.15) is 0 Å². The maximum absolute atomic E-state index is 13.5. The molecular formula is C23H22BrFN2O2. The molecule has 0 spiro atoms. The van der Waals surface area contributed by atoms with Gasteiger partial charge >= 0.3 is 0 Å². The van der Waals surface area contributed by atoms with Crippen LogP contribution in [-0.2, 0) is 9.59 Å². The van der Waals surface area contributed by atoms with Crippen molar-refractivity contribution in [2.24, 2.45) is 11.8 Å². The van der Waals surface area contributed by atoms with Crippen LogP contribution in [0.15, 0.2) is 58.7 Å². The predicted octanol–water partition coefficient (Wildman–Crippen LogP) is 4.85. The first-order valence-electron chi connectivity index (χ1n) is 9.74. The highest BCUT2D eigenvalue weighted by molar-refractivity contribution is 9.10. The van der Waals surface area contributed by atoms with Crippen molar-refractivity contribution in [2.45, 2.75) is 20.3 Å². The quantitative estimate of drug-likeness (QED) is 0.619. The van der Waals surface area contributed by atoms with Gasteiger partial charge in [0.15, 0.2) is 0 Å². The fourth-order valence-electron chi connectivity index (χ4n) is 4.36. The van der Waals surface area contributed by atoms with Crippen LogP contribution in [0.4, 0.5) is 10.1 Å². The van der Waals surface area contributed by atoms with Gasteiger partial charge in [-0.05, 0) is 60.2 Å². The number of piperidine rings is 1. The molecule has 6 heteroatoms. The molecule has 2 heterocycles. The average Bonchev–Trinajstić information content (AvgIpc) is 2.93. The van der Waals surface area contributed by atoms with E-state index in [0.29, 0.717) is 34.4 Å². The van der Waals surface area contributed by atoms with Gasteiger partial charge in [0, 0.05) is 17.6 Å². The lowest BCUT2D eigenvalue weighted by molar-refractivity contribution is -0.120. The summed E-state index contributed by atoms with van der Waals surface area (Å²) in [6, 6.07) is 12.9. The maximum atomic E-state index is 13.5. The molecule has 0 bridgehead atoms. The Bertz CT molecular complexity index is 975. The standard InChI is InChI=1S/C23H22BrFN2O2/c1-14-11-15(2)13-26(12-14)21-20(16-3-7-18(25)8-4-16)22(28)27(23(21)29)19-9-5-17(24)6-10-19/h3-10,14-15H,11-13H2,1-2H3. The first-order valence-corrected chi connectivity index (χ1v) is 10.5. The number of rotatable bonds is 3. The molecule has 2 amide bonds. The van der Waals surface area contributed by atoms with Crippen molar-refractivity contribution in [3.8, 4) is 0 Å². The average molecular weight is 457 g/mol. The molecule has 2 aromatic carbocycles. The second-order valence-corrected chi connectivity index (χ2v) is 8.92. The molecule has 0 aliphatic carbocycles. The van der Waals surface area contributed by atoms with E-state index in [4.69, 9.17) is 0 Å². The summed E-state index contributed by atoms with van der Waals surface area (Å²) in [7, 11) is 0. The lowest BCUT2D eigenvalue weighted by Crippen LogP contribution is -2.42. The molecule has 0 radical (unpaired) electrons. The summed E-state index contributed by atoms with van der Waals surface area (Å²) >= 11 is 3.38. The van der Waals surface area contributed by atoms with E-state index >= 15 is 0 Å². The summed E-state index contributed by atoms with van der Waals surface area (Å²) < 4.78 is 14.4. The molecule has 0 saturated carbocycles. The molecule has 2 unspecified atom stereocenters. The van der Waals surface area contributed by atoms with Crippen LogP contribution in [0.1, 0.15) is 25.8 Å². The Labute approximate surface area is 178 Å². The molecule has 0 aromatic heterocycles. The molecule has 0 N–H and O–H groups in total. The Balaban J connectivity index is 1.82. The number of hydrogen-bond acceptors (Lipinski definition) is 3. The summed E-state index contributed by atoms with van der Waals surface area (Å²) in [5, 5.41) is 0. The Morgan fingerprint density at radius 2 is 1.48 bits per heavy atom. The minimum atomic E-state index is -0.377. The Hall–Kier alpha value is -2.47. The molecule has 2 aromatic rings. The molecule has 4 nitrogen and oxygen atoms in total. The van der Waals surface area contributed by atoms with E-state index in [2.05, 4.69) is 29.8 Å². The highest BCUT2D eigenvalue weighted by Gasteiger charge is 2.43. The van der Waals surface area contributed by atoms with Crippen molar-refractivity contribution in [1.82, 2.24) is 4.90 Å². The van der Waals surface area contributed by atoms with Gasteiger partial charge in [0.05, 0.1) is 11.3 Å². The van der Waals surface area contributed by atoms with Crippen LogP contribution in [-0.4, -0.2) is 29.8 Å². The minimum Gasteiger partial charge on any atom is -0.366 e. The second-order valence-electron chi connectivity index (χ2n) is 8.00. The van der Waals surface area contributed by atoms with Crippen LogP contribution in [0.5, 0.6) is 0 Å². The summed E-state index contributed by atoms with van der Waals surface area (Å²) in [6.07, 6.45) is 1.09. The molecule has 150 valence electrons. The highest BCUT2D eigenvalue weighted by Crippen LogP contribution is 2.37. The molecule has 1 saturated heterocycles. The molecule has 4 rings (SSSR count). The molecule has 29 heavy (non-hydrogen) atoms. The van der Waals surface area contributed by atoms with Crippen molar-refractivity contribution in [2.75, 3.05) is 18.0 Å². The van der Waals surface area contributed by atoms with Gasteiger partial charge in [-0.1, -0.05) is 41.9 Å². The summed E-state index contributed by atoms with van der Waals surface area (Å²) in [5.74, 6) is -0.226. The first kappa shape index (κ1) is 19.8. The third-order valence-electron chi connectivity index (χ3n) is 5.46. The van der Waals surface area contributed by atoms with Gasteiger partial charge in [-0.25, -0.2) is 9.29 Å². The molecule has 2 atom stereocenters. The number of hydrogen-bond donors (Lipinski definition) is 0. The lowest BCUT2D eigenvalue weighted by atomic mass is 9.91. The third-order valence-corrected chi connectivity index (χ3v) is 5.99. The number of benzene rings is 2. The predicted molar refractivity (Wildman–Crippen MR) is 114 cm³/mol. The van der Waals surface area contributed by atoms with Crippen LogP contribution >= 0.6 is 15.9 Å². The van der Waals surface area contributed by atoms with Crippen LogP contribution in [0.2, 0.25) is 0 Å². The van der Waals surface area contributed by atoms with Crippen LogP contribution < -0.4 is 4.90 Å². The van der Waals surface area contributed by atoms with Gasteiger partial charge in [0.1, 0.15) is 11.5 Å². The van der Waals surface area contributed by atoms with E-state index in [1.54, 1.807) is 36.4 Å². The Kier molecular flexibility index (Phi) is 5.30. The SMILES string of the molecule is CC1CC(C)CN(C2=C(c3ccc(F)cc3)C(=O)N(c3ccc(Br)cc3)C2=O)C1. The van der Waals surface area contributed by atoms with Crippen molar-refractivity contribution in [1.29, 1.82) is 0 Å². The number of likely N-dealkylation sites (tertiary alicyclic amines) is 1. The number of imide groups is 1. The number of carbonyl (C=O) groups excluding carboxylic acids is 2. The van der Waals surface area contributed by atoms with Crippen LogP contribution in [0.3, 0.4) is 0 Å². The molecule has 1 fully saturated rings. The number of carbonyl (C=O) groups is 2. The van der Waals surface area contributed by atoms with Crippen molar-refractivity contribution >= 4 is 39.0 Å². The van der Waals surface area contributed by atoms with E-state index in [0.717, 1.165) is 24.0 Å². The van der Waals surface area contributed by atoms with E-state index in [-0.39, 0.29) is 17.6 Å². The van der Waals surface area contributed by atoms with Crippen molar-refractivity contribution in [3.05, 3.63) is 70.1 Å². The minimum absolute atomic E-state index is 0.321. The third kappa shape index (κ3) is 3.73.